The summed E-state index contributed by atoms with van der Waals surface area (Å²) in [6.45, 7) is 7.62. The van der Waals surface area contributed by atoms with Gasteiger partial charge >= 0.3 is 5.97 Å². The molecule has 1 unspecified atom stereocenters. The maximum atomic E-state index is 10.9. The van der Waals surface area contributed by atoms with E-state index in [9.17, 15) is 4.79 Å². The second-order valence-electron chi connectivity index (χ2n) is 3.69. The third-order valence-corrected chi connectivity index (χ3v) is 1.87. The zero-order valence-corrected chi connectivity index (χ0v) is 8.35. The van der Waals surface area contributed by atoms with Crippen molar-refractivity contribution in [1.82, 2.24) is 0 Å². The highest BCUT2D eigenvalue weighted by Gasteiger charge is 2.28. The minimum Gasteiger partial charge on any atom is -0.481 e. The van der Waals surface area contributed by atoms with Crippen molar-refractivity contribution in [3.63, 3.8) is 0 Å². The molecular formula is C10H18O2. The van der Waals surface area contributed by atoms with Crippen LogP contribution in [0, 0.1) is 5.41 Å². The van der Waals surface area contributed by atoms with Gasteiger partial charge in [-0.05, 0) is 27.2 Å². The van der Waals surface area contributed by atoms with Crippen LogP contribution < -0.4 is 0 Å². The van der Waals surface area contributed by atoms with Crippen molar-refractivity contribution >= 4 is 5.97 Å². The molecule has 0 spiro atoms. The normalized spacial score (nSPS) is 15.0. The minimum atomic E-state index is -0.731. The van der Waals surface area contributed by atoms with E-state index in [0.717, 1.165) is 12.0 Å². The smallest absolute Gasteiger partial charge is 0.313 e. The lowest BCUT2D eigenvalue weighted by Gasteiger charge is -2.20. The molecular weight excluding hydrogens is 152 g/mol. The molecule has 0 saturated carbocycles. The quantitative estimate of drug-likeness (QED) is 0.659. The Balaban J connectivity index is 4.62. The van der Waals surface area contributed by atoms with Crippen LogP contribution in [0.2, 0.25) is 0 Å². The molecule has 70 valence electrons. The standard InChI is InChI=1S/C10H18O2/c1-5-6-10(4,9(11)12)7-8(2)3/h7H,5-6H2,1-4H3,(H,11,12). The van der Waals surface area contributed by atoms with Gasteiger partial charge in [-0.2, -0.15) is 0 Å². The molecule has 2 heteroatoms. The van der Waals surface area contributed by atoms with Gasteiger partial charge in [-0.1, -0.05) is 25.0 Å². The Morgan fingerprint density at radius 1 is 1.50 bits per heavy atom. The fourth-order valence-corrected chi connectivity index (χ4v) is 1.40. The first-order valence-electron chi connectivity index (χ1n) is 4.32. The molecule has 0 aliphatic carbocycles. The fraction of sp³-hybridized carbons (Fsp3) is 0.700. The van der Waals surface area contributed by atoms with Gasteiger partial charge in [0, 0.05) is 0 Å². The molecule has 1 N–H and O–H groups in total. The number of carboxylic acids is 1. The first-order valence-corrected chi connectivity index (χ1v) is 4.32. The number of hydrogen-bond donors (Lipinski definition) is 1. The van der Waals surface area contributed by atoms with E-state index in [1.54, 1.807) is 6.92 Å². The molecule has 0 amide bonds. The average molecular weight is 170 g/mol. The summed E-state index contributed by atoms with van der Waals surface area (Å²) in [6.07, 6.45) is 3.43. The molecule has 0 heterocycles. The highest BCUT2D eigenvalue weighted by atomic mass is 16.4. The number of carboxylic acid groups (broad SMARTS) is 1. The van der Waals surface area contributed by atoms with Crippen molar-refractivity contribution in [1.29, 1.82) is 0 Å². The topological polar surface area (TPSA) is 37.3 Å². The number of allylic oxidation sites excluding steroid dienone is 1. The Bertz CT molecular complexity index is 190. The summed E-state index contributed by atoms with van der Waals surface area (Å²) in [7, 11) is 0. The van der Waals surface area contributed by atoms with Gasteiger partial charge in [0.1, 0.15) is 0 Å². The third kappa shape index (κ3) is 3.07. The highest BCUT2D eigenvalue weighted by molar-refractivity contribution is 5.76. The first-order chi connectivity index (χ1) is 5.42. The Kier molecular flexibility index (Phi) is 4.01. The predicted molar refractivity (Wildman–Crippen MR) is 50.1 cm³/mol. The predicted octanol–water partition coefficient (Wildman–Crippen LogP) is 2.84. The minimum absolute atomic E-state index is 0.673. The van der Waals surface area contributed by atoms with E-state index < -0.39 is 11.4 Å². The van der Waals surface area contributed by atoms with E-state index in [1.807, 2.05) is 26.8 Å². The van der Waals surface area contributed by atoms with E-state index in [4.69, 9.17) is 5.11 Å². The average Bonchev–Trinajstić information content (AvgIpc) is 1.85. The number of rotatable bonds is 4. The molecule has 0 bridgehead atoms. The van der Waals surface area contributed by atoms with E-state index in [-0.39, 0.29) is 0 Å². The van der Waals surface area contributed by atoms with Crippen molar-refractivity contribution in [3.05, 3.63) is 11.6 Å². The Labute approximate surface area is 74.3 Å². The SMILES string of the molecule is CCCC(C)(C=C(C)C)C(=O)O. The largest absolute Gasteiger partial charge is 0.481 e. The van der Waals surface area contributed by atoms with Crippen molar-refractivity contribution in [2.75, 3.05) is 0 Å². The van der Waals surface area contributed by atoms with Crippen LogP contribution in [-0.4, -0.2) is 11.1 Å². The number of hydrogen-bond acceptors (Lipinski definition) is 1. The fourth-order valence-electron chi connectivity index (χ4n) is 1.40. The lowest BCUT2D eigenvalue weighted by Crippen LogP contribution is -2.25. The molecule has 2 nitrogen and oxygen atoms in total. The molecule has 0 aliphatic rings. The summed E-state index contributed by atoms with van der Waals surface area (Å²) >= 11 is 0. The van der Waals surface area contributed by atoms with Crippen LogP contribution in [0.4, 0.5) is 0 Å². The summed E-state index contributed by atoms with van der Waals surface area (Å²) in [6, 6.07) is 0. The van der Waals surface area contributed by atoms with Gasteiger partial charge in [0.05, 0.1) is 5.41 Å². The summed E-state index contributed by atoms with van der Waals surface area (Å²) in [5, 5.41) is 8.97. The van der Waals surface area contributed by atoms with Gasteiger partial charge < -0.3 is 5.11 Å². The molecule has 0 fully saturated rings. The Morgan fingerprint density at radius 2 is 2.00 bits per heavy atom. The van der Waals surface area contributed by atoms with Crippen LogP contribution in [0.1, 0.15) is 40.5 Å². The first kappa shape index (κ1) is 11.2. The summed E-state index contributed by atoms with van der Waals surface area (Å²) < 4.78 is 0. The second kappa shape index (κ2) is 4.29. The van der Waals surface area contributed by atoms with Crippen molar-refractivity contribution < 1.29 is 9.90 Å². The molecule has 0 aromatic carbocycles. The van der Waals surface area contributed by atoms with Crippen molar-refractivity contribution in [2.45, 2.75) is 40.5 Å². The van der Waals surface area contributed by atoms with Gasteiger partial charge in [0.2, 0.25) is 0 Å². The molecule has 1 atom stereocenters. The molecule has 0 saturated heterocycles. The van der Waals surface area contributed by atoms with Gasteiger partial charge in [0.15, 0.2) is 0 Å². The molecule has 0 rings (SSSR count). The lowest BCUT2D eigenvalue weighted by molar-refractivity contribution is -0.145. The van der Waals surface area contributed by atoms with Crippen LogP contribution in [0.5, 0.6) is 0 Å². The number of aliphatic carboxylic acids is 1. The van der Waals surface area contributed by atoms with Gasteiger partial charge in [-0.15, -0.1) is 0 Å². The molecule has 0 aromatic rings. The maximum absolute atomic E-state index is 10.9. The number of carbonyl (C=O) groups is 1. The van der Waals surface area contributed by atoms with Gasteiger partial charge in [-0.25, -0.2) is 0 Å². The molecule has 0 radical (unpaired) electrons. The van der Waals surface area contributed by atoms with Gasteiger partial charge in [0.25, 0.3) is 0 Å². The van der Waals surface area contributed by atoms with Crippen LogP contribution in [0.15, 0.2) is 11.6 Å². The van der Waals surface area contributed by atoms with E-state index >= 15 is 0 Å². The zero-order valence-electron chi connectivity index (χ0n) is 8.35. The van der Waals surface area contributed by atoms with Crippen molar-refractivity contribution in [3.8, 4) is 0 Å². The second-order valence-corrected chi connectivity index (χ2v) is 3.69. The Hall–Kier alpha value is -0.790. The summed E-state index contributed by atoms with van der Waals surface area (Å²) in [5.41, 5.74) is 0.390. The summed E-state index contributed by atoms with van der Waals surface area (Å²) in [4.78, 5) is 10.9. The van der Waals surface area contributed by atoms with Gasteiger partial charge in [-0.3, -0.25) is 4.79 Å². The zero-order chi connectivity index (χ0) is 9.78. The van der Waals surface area contributed by atoms with E-state index in [0.29, 0.717) is 6.42 Å². The van der Waals surface area contributed by atoms with Crippen molar-refractivity contribution in [2.24, 2.45) is 5.41 Å². The monoisotopic (exact) mass is 170 g/mol. The Morgan fingerprint density at radius 3 is 2.25 bits per heavy atom. The molecule has 12 heavy (non-hydrogen) atoms. The van der Waals surface area contributed by atoms with Crippen LogP contribution in [0.3, 0.4) is 0 Å². The third-order valence-electron chi connectivity index (χ3n) is 1.87. The highest BCUT2D eigenvalue weighted by Crippen LogP contribution is 2.26. The van der Waals surface area contributed by atoms with E-state index in [1.165, 1.54) is 0 Å². The maximum Gasteiger partial charge on any atom is 0.313 e. The van der Waals surface area contributed by atoms with Crippen LogP contribution in [-0.2, 0) is 4.79 Å². The lowest BCUT2D eigenvalue weighted by atomic mass is 9.84. The molecule has 0 aliphatic heterocycles. The van der Waals surface area contributed by atoms with E-state index in [2.05, 4.69) is 0 Å². The van der Waals surface area contributed by atoms with Crippen LogP contribution >= 0.6 is 0 Å². The summed E-state index contributed by atoms with van der Waals surface area (Å²) in [5.74, 6) is -0.731. The molecule has 0 aromatic heterocycles. The van der Waals surface area contributed by atoms with Crippen LogP contribution in [0.25, 0.3) is 0 Å².